The van der Waals surface area contributed by atoms with Gasteiger partial charge in [0.15, 0.2) is 0 Å². The molecule has 0 saturated heterocycles. The molecule has 0 fully saturated rings. The molecule has 2 heterocycles. The van der Waals surface area contributed by atoms with Crippen LogP contribution in [0, 0.1) is 0 Å². The molecule has 100 valence electrons. The summed E-state index contributed by atoms with van der Waals surface area (Å²) in [5, 5.41) is 4.17. The number of pyridine rings is 1. The maximum Gasteiger partial charge on any atom is 0.258 e. The first-order valence-corrected chi connectivity index (χ1v) is 6.54. The minimum absolute atomic E-state index is 0.0872. The number of nitrogens with zero attached hydrogens (tertiary/aromatic N) is 3. The van der Waals surface area contributed by atoms with Crippen LogP contribution in [0.2, 0.25) is 0 Å². The largest absolute Gasteiger partial charge is 0.392 e. The van der Waals surface area contributed by atoms with Gasteiger partial charge in [0.05, 0.1) is 28.8 Å². The van der Waals surface area contributed by atoms with Gasteiger partial charge in [0, 0.05) is 12.7 Å². The van der Waals surface area contributed by atoms with E-state index in [1.807, 2.05) is 31.3 Å². The number of rotatable bonds is 5. The average molecular weight is 276 g/mol. The first kappa shape index (κ1) is 13.5. The summed E-state index contributed by atoms with van der Waals surface area (Å²) < 4.78 is 1.68. The molecule has 0 saturated carbocycles. The molecule has 2 rings (SSSR count). The molecule has 2 N–H and O–H groups in total. The molecular weight excluding hydrogens is 260 g/mol. The Hall–Kier alpha value is -1.95. The fourth-order valence-electron chi connectivity index (χ4n) is 1.98. The van der Waals surface area contributed by atoms with E-state index in [-0.39, 0.29) is 5.91 Å². The molecule has 0 radical (unpaired) electrons. The highest BCUT2D eigenvalue weighted by molar-refractivity contribution is 7.80. The van der Waals surface area contributed by atoms with Crippen molar-refractivity contribution < 1.29 is 4.79 Å². The topological polar surface area (TPSA) is 63.6 Å². The van der Waals surface area contributed by atoms with Crippen molar-refractivity contribution in [1.82, 2.24) is 14.5 Å². The lowest BCUT2D eigenvalue weighted by molar-refractivity contribution is 0.0782. The Balaban J connectivity index is 2.33. The van der Waals surface area contributed by atoms with Gasteiger partial charge >= 0.3 is 0 Å². The first-order chi connectivity index (χ1) is 9.13. The maximum absolute atomic E-state index is 12.5. The second-order valence-corrected chi connectivity index (χ2v) is 4.81. The zero-order valence-corrected chi connectivity index (χ0v) is 11.6. The number of fused-ring (bicyclic) bond motifs is 1. The molecule has 2 aromatic heterocycles. The third kappa shape index (κ3) is 2.90. The van der Waals surface area contributed by atoms with E-state index in [0.29, 0.717) is 23.6 Å². The standard InChI is InChI=1S/C13H16N4OS/c1-2-6-16(9-12(14)19)13(18)10-8-15-17-7-4-3-5-11(10)17/h3-5,7-8H,2,6,9H2,1H3,(H2,14,19). The van der Waals surface area contributed by atoms with E-state index in [2.05, 4.69) is 5.10 Å². The average Bonchev–Trinajstić information content (AvgIpc) is 2.80. The van der Waals surface area contributed by atoms with E-state index in [9.17, 15) is 4.79 Å². The van der Waals surface area contributed by atoms with Gasteiger partial charge < -0.3 is 10.6 Å². The van der Waals surface area contributed by atoms with E-state index < -0.39 is 0 Å². The van der Waals surface area contributed by atoms with Gasteiger partial charge in [-0.25, -0.2) is 4.52 Å². The summed E-state index contributed by atoms with van der Waals surface area (Å²) in [4.78, 5) is 14.5. The quantitative estimate of drug-likeness (QED) is 0.840. The van der Waals surface area contributed by atoms with Crippen molar-refractivity contribution in [2.75, 3.05) is 13.1 Å². The second kappa shape index (κ2) is 5.79. The van der Waals surface area contributed by atoms with E-state index in [1.54, 1.807) is 15.6 Å². The zero-order valence-electron chi connectivity index (χ0n) is 10.7. The lowest BCUT2D eigenvalue weighted by Gasteiger charge is -2.20. The Morgan fingerprint density at radius 2 is 2.32 bits per heavy atom. The molecule has 0 aliphatic rings. The van der Waals surface area contributed by atoms with Gasteiger partial charge in [0.25, 0.3) is 5.91 Å². The third-order valence-corrected chi connectivity index (χ3v) is 2.91. The van der Waals surface area contributed by atoms with Gasteiger partial charge in [-0.15, -0.1) is 0 Å². The van der Waals surface area contributed by atoms with Crippen LogP contribution in [0.1, 0.15) is 23.7 Å². The number of aromatic nitrogens is 2. The summed E-state index contributed by atoms with van der Waals surface area (Å²) in [6.07, 6.45) is 4.25. The van der Waals surface area contributed by atoms with Crippen LogP contribution in [-0.4, -0.2) is 38.5 Å². The predicted molar refractivity (Wildman–Crippen MR) is 78.2 cm³/mol. The van der Waals surface area contributed by atoms with Crippen molar-refractivity contribution in [3.8, 4) is 0 Å². The van der Waals surface area contributed by atoms with Crippen molar-refractivity contribution in [3.05, 3.63) is 36.2 Å². The van der Waals surface area contributed by atoms with E-state index in [4.69, 9.17) is 18.0 Å². The normalized spacial score (nSPS) is 10.6. The Labute approximate surface area is 117 Å². The number of nitrogens with two attached hydrogens (primary N) is 1. The number of hydrogen-bond acceptors (Lipinski definition) is 3. The molecule has 6 heteroatoms. The molecule has 1 amide bonds. The fraction of sp³-hybridized carbons (Fsp3) is 0.308. The summed E-state index contributed by atoms with van der Waals surface area (Å²) in [6.45, 7) is 2.93. The summed E-state index contributed by atoms with van der Waals surface area (Å²) in [5.74, 6) is -0.0872. The van der Waals surface area contributed by atoms with Crippen LogP contribution < -0.4 is 5.73 Å². The van der Waals surface area contributed by atoms with Gasteiger partial charge in [-0.1, -0.05) is 25.2 Å². The van der Waals surface area contributed by atoms with Crippen molar-refractivity contribution in [1.29, 1.82) is 0 Å². The molecular formula is C13H16N4OS. The van der Waals surface area contributed by atoms with Crippen LogP contribution in [0.5, 0.6) is 0 Å². The lowest BCUT2D eigenvalue weighted by Crippen LogP contribution is -2.38. The Morgan fingerprint density at radius 1 is 1.53 bits per heavy atom. The number of carbonyl (C=O) groups is 1. The van der Waals surface area contributed by atoms with Crippen molar-refractivity contribution in [2.45, 2.75) is 13.3 Å². The summed E-state index contributed by atoms with van der Waals surface area (Å²) in [6, 6.07) is 5.61. The van der Waals surface area contributed by atoms with Crippen LogP contribution in [0.15, 0.2) is 30.6 Å². The number of carbonyl (C=O) groups excluding carboxylic acids is 1. The predicted octanol–water partition coefficient (Wildman–Crippen LogP) is 1.47. The summed E-state index contributed by atoms with van der Waals surface area (Å²) in [5.41, 5.74) is 6.91. The van der Waals surface area contributed by atoms with E-state index in [0.717, 1.165) is 11.9 Å². The molecule has 0 bridgehead atoms. The van der Waals surface area contributed by atoms with Crippen LogP contribution in [0.4, 0.5) is 0 Å². The van der Waals surface area contributed by atoms with Crippen molar-refractivity contribution in [2.24, 2.45) is 5.73 Å². The van der Waals surface area contributed by atoms with Crippen LogP contribution >= 0.6 is 12.2 Å². The van der Waals surface area contributed by atoms with Crippen LogP contribution in [0.25, 0.3) is 5.52 Å². The molecule has 2 aromatic rings. The SMILES string of the molecule is CCCN(CC(N)=S)C(=O)c1cnn2ccccc12. The van der Waals surface area contributed by atoms with Crippen molar-refractivity contribution >= 4 is 28.6 Å². The Kier molecular flexibility index (Phi) is 4.11. The molecule has 0 spiro atoms. The summed E-state index contributed by atoms with van der Waals surface area (Å²) in [7, 11) is 0. The minimum Gasteiger partial charge on any atom is -0.392 e. The Bertz CT molecular complexity index is 607. The van der Waals surface area contributed by atoms with Gasteiger partial charge in [0.2, 0.25) is 0 Å². The fourth-order valence-corrected chi connectivity index (χ4v) is 2.14. The highest BCUT2D eigenvalue weighted by atomic mass is 32.1. The highest BCUT2D eigenvalue weighted by Gasteiger charge is 2.19. The molecule has 0 unspecified atom stereocenters. The lowest BCUT2D eigenvalue weighted by atomic mass is 10.2. The molecule has 5 nitrogen and oxygen atoms in total. The van der Waals surface area contributed by atoms with Crippen molar-refractivity contribution in [3.63, 3.8) is 0 Å². The summed E-state index contributed by atoms with van der Waals surface area (Å²) >= 11 is 4.89. The second-order valence-electron chi connectivity index (χ2n) is 4.28. The Morgan fingerprint density at radius 3 is 3.00 bits per heavy atom. The van der Waals surface area contributed by atoms with Gasteiger partial charge in [-0.05, 0) is 18.6 Å². The van der Waals surface area contributed by atoms with E-state index in [1.165, 1.54) is 0 Å². The van der Waals surface area contributed by atoms with Crippen LogP contribution in [0.3, 0.4) is 0 Å². The molecule has 19 heavy (non-hydrogen) atoms. The smallest absolute Gasteiger partial charge is 0.258 e. The van der Waals surface area contributed by atoms with Gasteiger partial charge in [-0.3, -0.25) is 4.79 Å². The maximum atomic E-state index is 12.5. The molecule has 0 atom stereocenters. The number of amides is 1. The molecule has 0 aliphatic heterocycles. The van der Waals surface area contributed by atoms with E-state index >= 15 is 0 Å². The number of hydrogen-bond donors (Lipinski definition) is 1. The first-order valence-electron chi connectivity index (χ1n) is 6.13. The zero-order chi connectivity index (χ0) is 13.8. The van der Waals surface area contributed by atoms with Crippen LogP contribution in [-0.2, 0) is 0 Å². The van der Waals surface area contributed by atoms with Gasteiger partial charge in [0.1, 0.15) is 0 Å². The van der Waals surface area contributed by atoms with Gasteiger partial charge in [-0.2, -0.15) is 5.10 Å². The highest BCUT2D eigenvalue weighted by Crippen LogP contribution is 2.13. The third-order valence-electron chi connectivity index (χ3n) is 2.78. The monoisotopic (exact) mass is 276 g/mol. The molecule has 0 aliphatic carbocycles. The number of thiocarbonyl (C=S) groups is 1. The minimum atomic E-state index is -0.0872. The molecule has 0 aromatic carbocycles.